The fourth-order valence-corrected chi connectivity index (χ4v) is 4.23. The first-order valence-electron chi connectivity index (χ1n) is 8.90. The van der Waals surface area contributed by atoms with Crippen LogP contribution in [0.1, 0.15) is 0 Å². The maximum Gasteiger partial charge on any atom is 0.0697 e. The van der Waals surface area contributed by atoms with Crippen molar-refractivity contribution in [3.63, 3.8) is 0 Å². The Morgan fingerprint density at radius 3 is 1.88 bits per heavy atom. The molecule has 0 unspecified atom stereocenters. The molecule has 0 radical (unpaired) electrons. The van der Waals surface area contributed by atoms with E-state index in [4.69, 9.17) is 0 Å². The third-order valence-corrected chi connectivity index (χ3v) is 5.33. The maximum absolute atomic E-state index is 3.66. The molecule has 0 atom stereocenters. The number of aromatic nitrogens is 2. The summed E-state index contributed by atoms with van der Waals surface area (Å²) in [6.45, 7) is 0. The molecule has 2 heterocycles. The molecule has 0 aliphatic rings. The molecular weight excluding hydrogens is 316 g/mol. The number of benzene rings is 4. The number of nitrogens with zero attached hydrogens (tertiary/aromatic N) is 1. The van der Waals surface area contributed by atoms with Crippen molar-refractivity contribution in [1.29, 1.82) is 0 Å². The quantitative estimate of drug-likeness (QED) is 0.330. The normalized spacial score (nSPS) is 11.8. The lowest BCUT2D eigenvalue weighted by molar-refractivity contribution is 1.33. The van der Waals surface area contributed by atoms with Gasteiger partial charge in [0, 0.05) is 27.1 Å². The van der Waals surface area contributed by atoms with Crippen LogP contribution in [0.15, 0.2) is 91.0 Å². The molecule has 0 saturated heterocycles. The average Bonchev–Trinajstić information content (AvgIpc) is 3.02. The van der Waals surface area contributed by atoms with E-state index in [9.17, 15) is 0 Å². The van der Waals surface area contributed by atoms with Crippen LogP contribution in [-0.4, -0.2) is 9.38 Å². The first-order valence-corrected chi connectivity index (χ1v) is 8.90. The molecule has 0 fully saturated rings. The molecule has 6 aromatic rings. The Morgan fingerprint density at radius 1 is 0.462 bits per heavy atom. The van der Waals surface area contributed by atoms with Crippen LogP contribution in [-0.2, 0) is 0 Å². The highest BCUT2D eigenvalue weighted by molar-refractivity contribution is 6.20. The van der Waals surface area contributed by atoms with Crippen molar-refractivity contribution >= 4 is 49.1 Å². The summed E-state index contributed by atoms with van der Waals surface area (Å²) in [5.74, 6) is 0. The molecule has 0 saturated carbocycles. The summed E-state index contributed by atoms with van der Waals surface area (Å²) in [5, 5.41) is 5.08. The predicted octanol–water partition coefficient (Wildman–Crippen LogP) is 6.44. The Balaban J connectivity index is 2.14. The summed E-state index contributed by atoms with van der Waals surface area (Å²) in [6, 6.07) is 32.4. The standard InChI is InChI=1S/C24H16N2/c1-3-12-20-16(8-1)18-10-7-11-19-17-9-2-5-14-22(17)26(24(18)19)23-15-6-4-13-21(23)25-20/h1-15,25H. The Hall–Kier alpha value is -3.52. The van der Waals surface area contributed by atoms with E-state index in [0.29, 0.717) is 0 Å². The second-order valence-electron chi connectivity index (χ2n) is 6.74. The summed E-state index contributed by atoms with van der Waals surface area (Å²) in [5.41, 5.74) is 5.96. The van der Waals surface area contributed by atoms with Gasteiger partial charge in [0.05, 0.1) is 22.1 Å². The van der Waals surface area contributed by atoms with E-state index in [-0.39, 0.29) is 0 Å². The van der Waals surface area contributed by atoms with Crippen LogP contribution in [0.4, 0.5) is 0 Å². The molecule has 2 aromatic heterocycles. The van der Waals surface area contributed by atoms with E-state index < -0.39 is 0 Å². The van der Waals surface area contributed by atoms with E-state index >= 15 is 0 Å². The van der Waals surface area contributed by atoms with Crippen molar-refractivity contribution in [1.82, 2.24) is 9.38 Å². The first kappa shape index (κ1) is 13.7. The molecule has 0 aliphatic carbocycles. The minimum Gasteiger partial charge on any atom is -0.353 e. The van der Waals surface area contributed by atoms with E-state index in [1.165, 1.54) is 38.1 Å². The van der Waals surface area contributed by atoms with Crippen LogP contribution < -0.4 is 0 Å². The summed E-state index contributed by atoms with van der Waals surface area (Å²) in [4.78, 5) is 3.66. The number of aromatic amines is 1. The first-order chi connectivity index (χ1) is 12.9. The van der Waals surface area contributed by atoms with Crippen LogP contribution >= 0.6 is 0 Å². The van der Waals surface area contributed by atoms with Gasteiger partial charge in [0.15, 0.2) is 0 Å². The van der Waals surface area contributed by atoms with Crippen LogP contribution in [0.2, 0.25) is 0 Å². The average molecular weight is 332 g/mol. The molecule has 0 amide bonds. The summed E-state index contributed by atoms with van der Waals surface area (Å²) < 4.78 is 2.40. The Morgan fingerprint density at radius 2 is 1.04 bits per heavy atom. The Bertz CT molecular complexity index is 1480. The van der Waals surface area contributed by atoms with Crippen molar-refractivity contribution < 1.29 is 0 Å². The molecule has 2 heteroatoms. The van der Waals surface area contributed by atoms with Gasteiger partial charge in [-0.05, 0) is 24.3 Å². The van der Waals surface area contributed by atoms with Gasteiger partial charge < -0.3 is 9.38 Å². The summed E-state index contributed by atoms with van der Waals surface area (Å²) in [6.07, 6.45) is 0. The number of H-pyrrole nitrogens is 1. The Kier molecular flexibility index (Phi) is 2.64. The molecule has 2 nitrogen and oxygen atoms in total. The van der Waals surface area contributed by atoms with Gasteiger partial charge in [0.25, 0.3) is 0 Å². The van der Waals surface area contributed by atoms with Crippen molar-refractivity contribution in [3.05, 3.63) is 91.0 Å². The van der Waals surface area contributed by atoms with Crippen molar-refractivity contribution in [2.45, 2.75) is 0 Å². The zero-order valence-electron chi connectivity index (χ0n) is 14.1. The second kappa shape index (κ2) is 4.99. The van der Waals surface area contributed by atoms with Crippen molar-refractivity contribution in [2.24, 2.45) is 0 Å². The molecule has 1 N–H and O–H groups in total. The number of para-hydroxylation sites is 5. The van der Waals surface area contributed by atoms with Crippen molar-refractivity contribution in [3.8, 4) is 0 Å². The molecular formula is C24H16N2. The van der Waals surface area contributed by atoms with Crippen molar-refractivity contribution in [2.75, 3.05) is 0 Å². The summed E-state index contributed by atoms with van der Waals surface area (Å²) in [7, 11) is 0. The van der Waals surface area contributed by atoms with E-state index in [1.54, 1.807) is 0 Å². The van der Waals surface area contributed by atoms with E-state index in [1.807, 2.05) is 0 Å². The minimum absolute atomic E-state index is 1.12. The topological polar surface area (TPSA) is 20.2 Å². The second-order valence-corrected chi connectivity index (χ2v) is 6.74. The van der Waals surface area contributed by atoms with Crippen LogP contribution in [0.5, 0.6) is 0 Å². The molecule has 122 valence electrons. The monoisotopic (exact) mass is 332 g/mol. The van der Waals surface area contributed by atoms with Gasteiger partial charge in [-0.1, -0.05) is 66.7 Å². The fraction of sp³-hybridized carbons (Fsp3) is 0. The third-order valence-electron chi connectivity index (χ3n) is 5.33. The van der Waals surface area contributed by atoms with Gasteiger partial charge in [-0.15, -0.1) is 0 Å². The minimum atomic E-state index is 1.12. The number of rotatable bonds is 0. The van der Waals surface area contributed by atoms with E-state index in [0.717, 1.165) is 11.0 Å². The largest absolute Gasteiger partial charge is 0.353 e. The number of nitrogens with one attached hydrogen (secondary N) is 1. The molecule has 0 bridgehead atoms. The number of hydrogen-bond donors (Lipinski definition) is 1. The molecule has 6 rings (SSSR count). The van der Waals surface area contributed by atoms with Gasteiger partial charge in [-0.3, -0.25) is 0 Å². The zero-order chi connectivity index (χ0) is 17.1. The van der Waals surface area contributed by atoms with Crippen LogP contribution in [0.25, 0.3) is 49.1 Å². The Labute approximate surface area is 150 Å². The van der Waals surface area contributed by atoms with Gasteiger partial charge >= 0.3 is 0 Å². The van der Waals surface area contributed by atoms with Gasteiger partial charge in [0.1, 0.15) is 0 Å². The van der Waals surface area contributed by atoms with Crippen LogP contribution in [0, 0.1) is 0 Å². The van der Waals surface area contributed by atoms with Crippen LogP contribution in [0.3, 0.4) is 0 Å². The zero-order valence-corrected chi connectivity index (χ0v) is 14.1. The molecule has 0 spiro atoms. The third kappa shape index (κ3) is 1.71. The van der Waals surface area contributed by atoms with Gasteiger partial charge in [-0.25, -0.2) is 0 Å². The highest BCUT2D eigenvalue weighted by Crippen LogP contribution is 2.35. The smallest absolute Gasteiger partial charge is 0.0697 e. The molecule has 4 aromatic carbocycles. The van der Waals surface area contributed by atoms with E-state index in [2.05, 4.69) is 100 Å². The fourth-order valence-electron chi connectivity index (χ4n) is 4.23. The highest BCUT2D eigenvalue weighted by Gasteiger charge is 2.12. The SMILES string of the molecule is c1ccc2c(c1)[nH]c1ccccc1n1c3ccccc3c3cccc2c31. The summed E-state index contributed by atoms with van der Waals surface area (Å²) >= 11 is 0. The van der Waals surface area contributed by atoms with Gasteiger partial charge in [-0.2, -0.15) is 0 Å². The predicted molar refractivity (Wildman–Crippen MR) is 111 cm³/mol. The van der Waals surface area contributed by atoms with Gasteiger partial charge in [0.2, 0.25) is 0 Å². The lowest BCUT2D eigenvalue weighted by atomic mass is 10.1. The highest BCUT2D eigenvalue weighted by atomic mass is 14.9. The molecule has 26 heavy (non-hydrogen) atoms. The maximum atomic E-state index is 3.66. The lowest BCUT2D eigenvalue weighted by Gasteiger charge is -2.08. The molecule has 0 aliphatic heterocycles. The number of fused-ring (bicyclic) bond motifs is 7. The number of hydrogen-bond acceptors (Lipinski definition) is 0. The lowest BCUT2D eigenvalue weighted by Crippen LogP contribution is -1.90.